The van der Waals surface area contributed by atoms with Crippen molar-refractivity contribution < 1.29 is 5.11 Å². The van der Waals surface area contributed by atoms with E-state index in [1.54, 1.807) is 0 Å². The van der Waals surface area contributed by atoms with E-state index in [2.05, 4.69) is 41.0 Å². The maximum absolute atomic E-state index is 8.52. The quantitative estimate of drug-likeness (QED) is 0.663. The minimum atomic E-state index is -0.0409. The van der Waals surface area contributed by atoms with Crippen LogP contribution in [-0.2, 0) is 13.1 Å². The lowest BCUT2D eigenvalue weighted by Crippen LogP contribution is -2.16. The van der Waals surface area contributed by atoms with Gasteiger partial charge in [-0.05, 0) is 11.1 Å². The predicted octanol–water partition coefficient (Wildman–Crippen LogP) is 0.998. The molecule has 1 aromatic rings. The molecular formula is C12H13NO. The minimum absolute atomic E-state index is 0.0409. The predicted molar refractivity (Wildman–Crippen MR) is 55.4 cm³/mol. The number of rotatable bonds is 1. The van der Waals surface area contributed by atoms with Crippen molar-refractivity contribution in [3.8, 4) is 11.8 Å². The molecule has 14 heavy (non-hydrogen) atoms. The van der Waals surface area contributed by atoms with Crippen LogP contribution in [0.15, 0.2) is 24.3 Å². The summed E-state index contributed by atoms with van der Waals surface area (Å²) >= 11 is 0. The molecule has 1 aliphatic heterocycles. The van der Waals surface area contributed by atoms with E-state index in [-0.39, 0.29) is 6.61 Å². The first-order valence-electron chi connectivity index (χ1n) is 4.76. The summed E-state index contributed by atoms with van der Waals surface area (Å²) in [5, 5.41) is 8.52. The molecule has 0 aliphatic carbocycles. The Morgan fingerprint density at radius 1 is 1.14 bits per heavy atom. The van der Waals surface area contributed by atoms with Crippen LogP contribution in [0.2, 0.25) is 0 Å². The molecule has 0 atom stereocenters. The van der Waals surface area contributed by atoms with Gasteiger partial charge in [0.1, 0.15) is 6.61 Å². The summed E-state index contributed by atoms with van der Waals surface area (Å²) < 4.78 is 0. The molecule has 0 radical (unpaired) electrons. The molecule has 2 rings (SSSR count). The van der Waals surface area contributed by atoms with E-state index in [1.807, 2.05) is 0 Å². The van der Waals surface area contributed by atoms with Gasteiger partial charge in [-0.2, -0.15) is 0 Å². The molecule has 0 fully saturated rings. The highest BCUT2D eigenvalue weighted by Gasteiger charge is 2.16. The average molecular weight is 187 g/mol. The number of nitrogens with zero attached hydrogens (tertiary/aromatic N) is 1. The van der Waals surface area contributed by atoms with E-state index in [9.17, 15) is 0 Å². The zero-order valence-electron chi connectivity index (χ0n) is 8.03. The summed E-state index contributed by atoms with van der Waals surface area (Å²) in [7, 11) is 0. The van der Waals surface area contributed by atoms with Crippen LogP contribution in [0.4, 0.5) is 0 Å². The van der Waals surface area contributed by atoms with E-state index < -0.39 is 0 Å². The van der Waals surface area contributed by atoms with Crippen molar-refractivity contribution >= 4 is 0 Å². The van der Waals surface area contributed by atoms with Gasteiger partial charge in [-0.15, -0.1) is 0 Å². The molecule has 1 aliphatic rings. The second-order valence-electron chi connectivity index (χ2n) is 3.43. The molecule has 1 aromatic carbocycles. The first-order valence-corrected chi connectivity index (χ1v) is 4.76. The summed E-state index contributed by atoms with van der Waals surface area (Å²) in [6.07, 6.45) is 0. The van der Waals surface area contributed by atoms with Crippen LogP contribution in [0.1, 0.15) is 11.1 Å². The van der Waals surface area contributed by atoms with Crippen LogP contribution in [0.3, 0.4) is 0 Å². The molecule has 0 saturated carbocycles. The average Bonchev–Trinajstić information content (AvgIpc) is 2.60. The standard InChI is InChI=1S/C12H13NO/c14-8-4-3-7-13-9-11-5-1-2-6-12(11)10-13/h1-2,5-6,14H,7-10H2. The number of aliphatic hydroxyl groups is 1. The van der Waals surface area contributed by atoms with Crippen LogP contribution in [0, 0.1) is 11.8 Å². The molecular weight excluding hydrogens is 174 g/mol. The molecule has 1 heterocycles. The largest absolute Gasteiger partial charge is 0.384 e. The molecule has 0 amide bonds. The second-order valence-corrected chi connectivity index (χ2v) is 3.43. The van der Waals surface area contributed by atoms with E-state index >= 15 is 0 Å². The zero-order chi connectivity index (χ0) is 9.80. The molecule has 0 bridgehead atoms. The van der Waals surface area contributed by atoms with Crippen molar-refractivity contribution in [3.63, 3.8) is 0 Å². The second kappa shape index (κ2) is 4.28. The molecule has 0 saturated heterocycles. The van der Waals surface area contributed by atoms with Gasteiger partial charge in [0.2, 0.25) is 0 Å². The maximum atomic E-state index is 8.52. The Morgan fingerprint density at radius 3 is 2.36 bits per heavy atom. The molecule has 0 aromatic heterocycles. The number of fused-ring (bicyclic) bond motifs is 1. The number of hydrogen-bond donors (Lipinski definition) is 1. The van der Waals surface area contributed by atoms with Gasteiger partial charge in [0, 0.05) is 13.1 Å². The van der Waals surface area contributed by atoms with Crippen LogP contribution in [0.5, 0.6) is 0 Å². The molecule has 2 nitrogen and oxygen atoms in total. The first-order chi connectivity index (χ1) is 6.90. The summed E-state index contributed by atoms with van der Waals surface area (Å²) in [4.78, 5) is 2.27. The molecule has 0 unspecified atom stereocenters. The van der Waals surface area contributed by atoms with Gasteiger partial charge < -0.3 is 5.11 Å². The van der Waals surface area contributed by atoms with Gasteiger partial charge in [-0.1, -0.05) is 36.1 Å². The highest BCUT2D eigenvalue weighted by Crippen LogP contribution is 2.21. The molecule has 0 spiro atoms. The van der Waals surface area contributed by atoms with Gasteiger partial charge in [-0.25, -0.2) is 0 Å². The lowest BCUT2D eigenvalue weighted by Gasteiger charge is -2.08. The van der Waals surface area contributed by atoms with E-state index in [0.717, 1.165) is 19.6 Å². The Balaban J connectivity index is 1.98. The Labute approximate surface area is 84.2 Å². The number of hydrogen-bond acceptors (Lipinski definition) is 2. The fraction of sp³-hybridized carbons (Fsp3) is 0.333. The van der Waals surface area contributed by atoms with Crippen molar-refractivity contribution in [1.29, 1.82) is 0 Å². The minimum Gasteiger partial charge on any atom is -0.384 e. The van der Waals surface area contributed by atoms with Crippen molar-refractivity contribution in [3.05, 3.63) is 35.4 Å². The van der Waals surface area contributed by atoms with Crippen LogP contribution in [-0.4, -0.2) is 23.2 Å². The van der Waals surface area contributed by atoms with Gasteiger partial charge in [0.05, 0.1) is 6.54 Å². The third-order valence-corrected chi connectivity index (χ3v) is 2.41. The van der Waals surface area contributed by atoms with Gasteiger partial charge in [0.25, 0.3) is 0 Å². The molecule has 72 valence electrons. The highest BCUT2D eigenvalue weighted by atomic mass is 16.2. The summed E-state index contributed by atoms with van der Waals surface area (Å²) in [6, 6.07) is 8.47. The van der Waals surface area contributed by atoms with Gasteiger partial charge in [0.15, 0.2) is 0 Å². The lowest BCUT2D eigenvalue weighted by molar-refractivity contribution is 0.320. The summed E-state index contributed by atoms with van der Waals surface area (Å²) in [6.45, 7) is 2.67. The molecule has 1 N–H and O–H groups in total. The molecule has 2 heteroatoms. The van der Waals surface area contributed by atoms with Crippen molar-refractivity contribution in [2.24, 2.45) is 0 Å². The van der Waals surface area contributed by atoms with Crippen molar-refractivity contribution in [1.82, 2.24) is 4.90 Å². The third kappa shape index (κ3) is 1.95. The Bertz CT molecular complexity index is 350. The van der Waals surface area contributed by atoms with Crippen LogP contribution in [0.25, 0.3) is 0 Å². The van der Waals surface area contributed by atoms with E-state index in [0.29, 0.717) is 0 Å². The Kier molecular flexibility index (Phi) is 2.83. The van der Waals surface area contributed by atoms with E-state index in [1.165, 1.54) is 11.1 Å². The smallest absolute Gasteiger partial charge is 0.104 e. The monoisotopic (exact) mass is 187 g/mol. The number of benzene rings is 1. The van der Waals surface area contributed by atoms with Crippen molar-refractivity contribution in [2.75, 3.05) is 13.2 Å². The van der Waals surface area contributed by atoms with Crippen LogP contribution < -0.4 is 0 Å². The van der Waals surface area contributed by atoms with Crippen molar-refractivity contribution in [2.45, 2.75) is 13.1 Å². The van der Waals surface area contributed by atoms with Crippen LogP contribution >= 0.6 is 0 Å². The lowest BCUT2D eigenvalue weighted by atomic mass is 10.1. The first kappa shape index (κ1) is 9.26. The van der Waals surface area contributed by atoms with Gasteiger partial charge >= 0.3 is 0 Å². The Morgan fingerprint density at radius 2 is 1.79 bits per heavy atom. The third-order valence-electron chi connectivity index (χ3n) is 2.41. The fourth-order valence-electron chi connectivity index (χ4n) is 1.74. The van der Waals surface area contributed by atoms with Gasteiger partial charge in [-0.3, -0.25) is 4.90 Å². The number of aliphatic hydroxyl groups excluding tert-OH is 1. The summed E-state index contributed by atoms with van der Waals surface area (Å²) in [5.74, 6) is 5.60. The highest BCUT2D eigenvalue weighted by molar-refractivity contribution is 5.30. The fourth-order valence-corrected chi connectivity index (χ4v) is 1.74. The topological polar surface area (TPSA) is 23.5 Å². The summed E-state index contributed by atoms with van der Waals surface area (Å²) in [5.41, 5.74) is 2.80. The Hall–Kier alpha value is -1.30. The normalized spacial score (nSPS) is 14.6. The maximum Gasteiger partial charge on any atom is 0.104 e. The SMILES string of the molecule is OCC#CCN1Cc2ccccc2C1. The van der Waals surface area contributed by atoms with E-state index in [4.69, 9.17) is 5.11 Å². The zero-order valence-corrected chi connectivity index (χ0v) is 8.03.